The van der Waals surface area contributed by atoms with Gasteiger partial charge in [0, 0.05) is 12.1 Å². The minimum atomic E-state index is -3.89. The predicted molar refractivity (Wildman–Crippen MR) is 136 cm³/mol. The van der Waals surface area contributed by atoms with Crippen LogP contribution in [0.5, 0.6) is 0 Å². The number of nitrogens with one attached hydrogen (secondary N) is 1. The first-order chi connectivity index (χ1) is 17.1. The quantitative estimate of drug-likeness (QED) is 0.368. The lowest BCUT2D eigenvalue weighted by Crippen LogP contribution is -2.28. The number of rotatable bonds is 8. The predicted octanol–water partition coefficient (Wildman–Crippen LogP) is 4.84. The average Bonchev–Trinajstić information content (AvgIpc) is 2.89. The lowest BCUT2D eigenvalue weighted by Gasteiger charge is -2.26. The molecule has 7 heteroatoms. The summed E-state index contributed by atoms with van der Waals surface area (Å²) in [5.41, 5.74) is 9.19. The van der Waals surface area contributed by atoms with Crippen molar-refractivity contribution in [2.24, 2.45) is 0 Å². The van der Waals surface area contributed by atoms with Crippen LogP contribution >= 0.6 is 0 Å². The van der Waals surface area contributed by atoms with Gasteiger partial charge in [-0.15, -0.1) is 0 Å². The smallest absolute Gasteiger partial charge is 0.263 e. The molecule has 0 bridgehead atoms. The summed E-state index contributed by atoms with van der Waals surface area (Å²) in [6.45, 7) is 0.865. The zero-order valence-corrected chi connectivity index (χ0v) is 19.5. The molecule has 0 saturated heterocycles. The van der Waals surface area contributed by atoms with E-state index in [0.717, 1.165) is 11.1 Å². The third kappa shape index (κ3) is 5.16. The van der Waals surface area contributed by atoms with Crippen molar-refractivity contribution >= 4 is 32.7 Å². The summed E-state index contributed by atoms with van der Waals surface area (Å²) in [7, 11) is -3.89. The van der Waals surface area contributed by atoms with Gasteiger partial charge in [0.05, 0.1) is 22.5 Å². The van der Waals surface area contributed by atoms with Crippen molar-refractivity contribution in [3.05, 3.63) is 126 Å². The Morgan fingerprint density at radius 2 is 1.66 bits per heavy atom. The Morgan fingerprint density at radius 1 is 0.886 bits per heavy atom. The molecule has 0 spiro atoms. The van der Waals surface area contributed by atoms with Gasteiger partial charge in [0.15, 0.2) is 11.6 Å². The van der Waals surface area contributed by atoms with E-state index in [1.807, 2.05) is 47.4 Å². The van der Waals surface area contributed by atoms with Crippen LogP contribution in [0.4, 0.5) is 11.6 Å². The Labute approximate surface area is 204 Å². The minimum absolute atomic E-state index is 0.145. The highest BCUT2D eigenvalue weighted by Gasteiger charge is 2.23. The Kier molecular flexibility index (Phi) is 6.17. The topological polar surface area (TPSA) is 75.2 Å². The molecule has 35 heavy (non-hydrogen) atoms. The van der Waals surface area contributed by atoms with Gasteiger partial charge in [-0.25, -0.2) is 18.4 Å². The van der Waals surface area contributed by atoms with E-state index in [1.54, 1.807) is 48.5 Å². The summed E-state index contributed by atoms with van der Waals surface area (Å²) in [6, 6.07) is 27.0. The van der Waals surface area contributed by atoms with Crippen LogP contribution in [0.2, 0.25) is 0 Å². The number of para-hydroxylation sites is 2. The Hall–Kier alpha value is -4.59. The number of aromatic nitrogens is 2. The molecular weight excluding hydrogens is 456 g/mol. The highest BCUT2D eigenvalue weighted by atomic mass is 32.2. The number of hydrogen-bond acceptors (Lipinski definition) is 5. The molecule has 0 amide bonds. The van der Waals surface area contributed by atoms with Gasteiger partial charge >= 0.3 is 0 Å². The van der Waals surface area contributed by atoms with Crippen molar-refractivity contribution in [2.75, 3.05) is 16.2 Å². The summed E-state index contributed by atoms with van der Waals surface area (Å²) in [4.78, 5) is 11.6. The van der Waals surface area contributed by atoms with Gasteiger partial charge in [-0.3, -0.25) is 4.72 Å². The third-order valence-electron chi connectivity index (χ3n) is 5.30. The molecule has 0 atom stereocenters. The summed E-state index contributed by atoms with van der Waals surface area (Å²) >= 11 is 0. The standard InChI is InChI=1S/C28H20N4O2S/c33-35(34,24-16-8-3-9-17-24)31-27-28(30-26-19-11-10-18-25(26)29-27)32(20-22-12-4-1-5-13-22)21-23-14-6-2-7-15-23/h1,3-4,6,8-12,14-19H,20-21H2,(H,29,31). The molecular formula is C28H20N4O2S. The average molecular weight is 477 g/mol. The van der Waals surface area contributed by atoms with Crippen LogP contribution in [0.3, 0.4) is 0 Å². The largest absolute Gasteiger partial charge is 0.344 e. The molecule has 1 aromatic heterocycles. The van der Waals surface area contributed by atoms with E-state index in [9.17, 15) is 8.42 Å². The van der Waals surface area contributed by atoms with Gasteiger partial charge in [-0.05, 0) is 60.2 Å². The van der Waals surface area contributed by atoms with Crippen LogP contribution in [0.1, 0.15) is 5.56 Å². The number of nitrogens with zero attached hydrogens (tertiary/aromatic N) is 3. The lowest BCUT2D eigenvalue weighted by atomic mass is 10.1. The number of allylic oxidation sites excluding steroid dienone is 2. The van der Waals surface area contributed by atoms with Crippen LogP contribution in [0, 0.1) is 12.1 Å². The van der Waals surface area contributed by atoms with Crippen LogP contribution in [0.25, 0.3) is 11.0 Å². The lowest BCUT2D eigenvalue weighted by molar-refractivity contribution is 0.601. The fraction of sp³-hybridized carbons (Fsp3) is 0.0714. The number of fused-ring (bicyclic) bond motifs is 1. The molecule has 0 fully saturated rings. The highest BCUT2D eigenvalue weighted by molar-refractivity contribution is 7.92. The monoisotopic (exact) mass is 476 g/mol. The van der Waals surface area contributed by atoms with E-state index < -0.39 is 10.0 Å². The van der Waals surface area contributed by atoms with Crippen molar-refractivity contribution < 1.29 is 8.42 Å². The second-order valence-electron chi connectivity index (χ2n) is 7.82. The van der Waals surface area contributed by atoms with E-state index in [4.69, 9.17) is 4.98 Å². The van der Waals surface area contributed by atoms with Gasteiger partial charge < -0.3 is 4.90 Å². The Bertz CT molecular complexity index is 1600. The first-order valence-corrected chi connectivity index (χ1v) is 12.4. The Morgan fingerprint density at radius 3 is 2.37 bits per heavy atom. The first-order valence-electron chi connectivity index (χ1n) is 10.9. The maximum absolute atomic E-state index is 13.2. The molecule has 1 heterocycles. The molecule has 6 nitrogen and oxygen atoms in total. The van der Waals surface area contributed by atoms with E-state index >= 15 is 0 Å². The highest BCUT2D eigenvalue weighted by Crippen LogP contribution is 2.29. The van der Waals surface area contributed by atoms with Crippen LogP contribution < -0.4 is 9.62 Å². The van der Waals surface area contributed by atoms with Crippen molar-refractivity contribution in [1.82, 2.24) is 9.97 Å². The fourth-order valence-corrected chi connectivity index (χ4v) is 4.68. The first kappa shape index (κ1) is 22.2. The van der Waals surface area contributed by atoms with Crippen LogP contribution in [-0.2, 0) is 16.6 Å². The number of hydrogen-bond donors (Lipinski definition) is 1. The van der Waals surface area contributed by atoms with E-state index in [2.05, 4.69) is 33.3 Å². The SMILES string of the molecule is O=S(=O)(Nc1nc2ccccc2nc1N(CC1=C=C=CC=C1)Cc1cc#ccc1)c1ccccc1. The van der Waals surface area contributed by atoms with E-state index in [-0.39, 0.29) is 10.7 Å². The third-order valence-corrected chi connectivity index (χ3v) is 6.66. The summed E-state index contributed by atoms with van der Waals surface area (Å²) < 4.78 is 29.1. The molecule has 0 unspecified atom stereocenters. The molecule has 1 N–H and O–H groups in total. The van der Waals surface area contributed by atoms with Gasteiger partial charge in [0.2, 0.25) is 0 Å². The van der Waals surface area contributed by atoms with E-state index in [1.165, 1.54) is 0 Å². The molecule has 4 aromatic rings. The van der Waals surface area contributed by atoms with Crippen LogP contribution in [0.15, 0.2) is 113 Å². The van der Waals surface area contributed by atoms with Gasteiger partial charge in [0.25, 0.3) is 10.0 Å². The molecule has 0 saturated carbocycles. The number of anilines is 2. The maximum atomic E-state index is 13.2. The minimum Gasteiger partial charge on any atom is -0.344 e. The zero-order chi connectivity index (χ0) is 24.1. The van der Waals surface area contributed by atoms with Crippen molar-refractivity contribution in [2.45, 2.75) is 11.4 Å². The van der Waals surface area contributed by atoms with Crippen molar-refractivity contribution in [3.63, 3.8) is 0 Å². The molecule has 0 radical (unpaired) electrons. The normalized spacial score (nSPS) is 12.3. The number of sulfonamides is 1. The Balaban J connectivity index is 1.63. The molecule has 1 aliphatic rings. The second kappa shape index (κ2) is 9.72. The fourth-order valence-electron chi connectivity index (χ4n) is 3.66. The van der Waals surface area contributed by atoms with Crippen molar-refractivity contribution in [3.8, 4) is 0 Å². The molecule has 1 aliphatic carbocycles. The molecule has 3 aromatic carbocycles. The zero-order valence-electron chi connectivity index (χ0n) is 18.6. The maximum Gasteiger partial charge on any atom is 0.263 e. The summed E-state index contributed by atoms with van der Waals surface area (Å²) in [5.74, 6) is 0.562. The van der Waals surface area contributed by atoms with Crippen LogP contribution in [-0.4, -0.2) is 24.9 Å². The summed E-state index contributed by atoms with van der Waals surface area (Å²) in [6.07, 6.45) is 5.61. The molecule has 0 aliphatic heterocycles. The van der Waals surface area contributed by atoms with Gasteiger partial charge in [-0.2, -0.15) is 0 Å². The number of benzene rings is 2. The molecule has 5 rings (SSSR count). The van der Waals surface area contributed by atoms with Crippen molar-refractivity contribution in [1.29, 1.82) is 0 Å². The molecule has 170 valence electrons. The van der Waals surface area contributed by atoms with Gasteiger partial charge in [0.1, 0.15) is 0 Å². The summed E-state index contributed by atoms with van der Waals surface area (Å²) in [5, 5.41) is 0. The van der Waals surface area contributed by atoms with Gasteiger partial charge in [-0.1, -0.05) is 60.0 Å². The van der Waals surface area contributed by atoms with E-state index in [0.29, 0.717) is 29.9 Å². The second-order valence-corrected chi connectivity index (χ2v) is 9.50.